The number of hydrazine groups is 1. The van der Waals surface area contributed by atoms with Gasteiger partial charge in [0, 0.05) is 24.8 Å². The molecule has 1 aromatic carbocycles. The molecule has 0 unspecified atom stereocenters. The Hall–Kier alpha value is -2.88. The molecule has 0 fully saturated rings. The molecule has 0 aliphatic rings. The number of urea groups is 1. The molecule has 0 radical (unpaired) electrons. The Kier molecular flexibility index (Phi) is 5.23. The molecule has 0 saturated heterocycles. The molecule has 0 spiro atoms. The quantitative estimate of drug-likeness (QED) is 0.200. The Bertz CT molecular complexity index is 532. The average molecular weight is 282 g/mol. The van der Waals surface area contributed by atoms with Gasteiger partial charge >= 0.3 is 6.03 Å². The van der Waals surface area contributed by atoms with Gasteiger partial charge < -0.3 is 21.8 Å². The maximum atomic E-state index is 11.9. The smallest absolute Gasteiger partial charge is 0.312 e. The van der Waals surface area contributed by atoms with E-state index in [1.807, 2.05) is 0 Å². The number of benzene rings is 1. The lowest BCUT2D eigenvalue weighted by molar-refractivity contribution is -0.385. The summed E-state index contributed by atoms with van der Waals surface area (Å²) < 4.78 is 0. The molecule has 1 rings (SSSR count). The highest BCUT2D eigenvalue weighted by Crippen LogP contribution is 2.22. The number of nitrogens with two attached hydrogens (primary N) is 2. The van der Waals surface area contributed by atoms with Gasteiger partial charge in [-0.15, -0.1) is 0 Å². The number of nitro benzene ring substituents is 1. The summed E-state index contributed by atoms with van der Waals surface area (Å²) in [4.78, 5) is 32.5. The van der Waals surface area contributed by atoms with Crippen LogP contribution in [0.2, 0.25) is 0 Å². The Morgan fingerprint density at radius 1 is 1.25 bits per heavy atom. The van der Waals surface area contributed by atoms with Gasteiger partial charge in [0.1, 0.15) is 5.56 Å². The summed E-state index contributed by atoms with van der Waals surface area (Å²) in [7, 11) is 0. The summed E-state index contributed by atoms with van der Waals surface area (Å²) >= 11 is 0. The normalized spacial score (nSPS) is 9.65. The molecule has 0 heterocycles. The highest BCUT2D eigenvalue weighted by Gasteiger charge is 2.20. The summed E-state index contributed by atoms with van der Waals surface area (Å²) in [5.74, 6) is 4.53. The van der Waals surface area contributed by atoms with Crippen LogP contribution in [-0.4, -0.2) is 30.0 Å². The predicted molar refractivity (Wildman–Crippen MR) is 70.8 cm³/mol. The van der Waals surface area contributed by atoms with Crippen molar-refractivity contribution in [2.75, 3.05) is 18.5 Å². The number of nitrogens with one attached hydrogen (secondary N) is 3. The van der Waals surface area contributed by atoms with Crippen molar-refractivity contribution in [3.63, 3.8) is 0 Å². The molecule has 0 atom stereocenters. The number of carbonyl (C=O) groups is 2. The van der Waals surface area contributed by atoms with E-state index >= 15 is 0 Å². The third-order valence-corrected chi connectivity index (χ3v) is 2.31. The molecule has 20 heavy (non-hydrogen) atoms. The van der Waals surface area contributed by atoms with Gasteiger partial charge in [0.25, 0.3) is 11.6 Å². The first kappa shape index (κ1) is 15.2. The van der Waals surface area contributed by atoms with Crippen LogP contribution in [0.25, 0.3) is 0 Å². The number of hydrogen-bond acceptors (Lipinski definition) is 6. The van der Waals surface area contributed by atoms with Gasteiger partial charge in [0.2, 0.25) is 0 Å². The van der Waals surface area contributed by atoms with E-state index in [9.17, 15) is 19.7 Å². The van der Waals surface area contributed by atoms with E-state index in [4.69, 9.17) is 11.6 Å². The van der Waals surface area contributed by atoms with Crippen molar-refractivity contribution in [1.82, 2.24) is 10.6 Å². The molecule has 0 bridgehead atoms. The Morgan fingerprint density at radius 3 is 2.45 bits per heavy atom. The molecule has 0 aliphatic heterocycles. The number of nitrogens with zero attached hydrogens (tertiary/aromatic N) is 1. The standard InChI is InChI=1S/C10H14N6O4/c11-10(18)14-4-3-13-9(17)7-5-6(15-12)1-2-8(7)16(19)20/h1-2,5,15H,3-4,12H2,(H,13,17)(H3,11,14,18). The average Bonchev–Trinajstić information content (AvgIpc) is 2.42. The monoisotopic (exact) mass is 282 g/mol. The van der Waals surface area contributed by atoms with Gasteiger partial charge in [0.15, 0.2) is 0 Å². The summed E-state index contributed by atoms with van der Waals surface area (Å²) in [5, 5.41) is 15.5. The molecule has 10 nitrogen and oxygen atoms in total. The summed E-state index contributed by atoms with van der Waals surface area (Å²) in [6.07, 6.45) is 0. The Morgan fingerprint density at radius 2 is 1.90 bits per heavy atom. The zero-order valence-corrected chi connectivity index (χ0v) is 10.4. The first-order chi connectivity index (χ1) is 9.45. The van der Waals surface area contributed by atoms with Crippen molar-refractivity contribution in [3.8, 4) is 0 Å². The molecule has 7 N–H and O–H groups in total. The van der Waals surface area contributed by atoms with Crippen LogP contribution < -0.4 is 27.6 Å². The van der Waals surface area contributed by atoms with Crippen molar-refractivity contribution in [1.29, 1.82) is 0 Å². The van der Waals surface area contributed by atoms with Crippen LogP contribution in [0.4, 0.5) is 16.2 Å². The maximum absolute atomic E-state index is 11.9. The minimum atomic E-state index is -0.723. The van der Waals surface area contributed by atoms with Crippen LogP contribution in [-0.2, 0) is 0 Å². The zero-order chi connectivity index (χ0) is 15.1. The van der Waals surface area contributed by atoms with Crippen molar-refractivity contribution in [2.45, 2.75) is 0 Å². The molecule has 0 saturated carbocycles. The summed E-state index contributed by atoms with van der Waals surface area (Å²) in [6.45, 7) is 0.197. The third-order valence-electron chi connectivity index (χ3n) is 2.31. The lowest BCUT2D eigenvalue weighted by Crippen LogP contribution is -2.37. The highest BCUT2D eigenvalue weighted by molar-refractivity contribution is 5.99. The van der Waals surface area contributed by atoms with Gasteiger partial charge in [-0.05, 0) is 12.1 Å². The number of nitrogen functional groups attached to an aromatic ring is 1. The number of rotatable bonds is 6. The Labute approximate surface area is 113 Å². The molecule has 3 amide bonds. The van der Waals surface area contributed by atoms with E-state index in [1.54, 1.807) is 0 Å². The molecule has 1 aromatic rings. The largest absolute Gasteiger partial charge is 0.352 e. The summed E-state index contributed by atoms with van der Waals surface area (Å²) in [6, 6.07) is 3.09. The molecule has 10 heteroatoms. The number of amides is 3. The van der Waals surface area contributed by atoms with Crippen molar-refractivity contribution in [3.05, 3.63) is 33.9 Å². The van der Waals surface area contributed by atoms with Crippen molar-refractivity contribution >= 4 is 23.3 Å². The van der Waals surface area contributed by atoms with E-state index < -0.39 is 16.9 Å². The number of hydrogen-bond donors (Lipinski definition) is 5. The van der Waals surface area contributed by atoms with Crippen LogP contribution in [0, 0.1) is 10.1 Å². The van der Waals surface area contributed by atoms with Crippen LogP contribution in [0.15, 0.2) is 18.2 Å². The number of nitro groups is 1. The molecular formula is C10H14N6O4. The van der Waals surface area contributed by atoms with Gasteiger partial charge in [-0.2, -0.15) is 0 Å². The second-order valence-corrected chi connectivity index (χ2v) is 3.68. The van der Waals surface area contributed by atoms with Crippen molar-refractivity contribution < 1.29 is 14.5 Å². The predicted octanol–water partition coefficient (Wildman–Crippen LogP) is -0.722. The molecule has 0 aromatic heterocycles. The maximum Gasteiger partial charge on any atom is 0.312 e. The number of primary amides is 1. The van der Waals surface area contributed by atoms with E-state index in [0.29, 0.717) is 5.69 Å². The highest BCUT2D eigenvalue weighted by atomic mass is 16.6. The van der Waals surface area contributed by atoms with Gasteiger partial charge in [-0.3, -0.25) is 20.8 Å². The second-order valence-electron chi connectivity index (χ2n) is 3.68. The van der Waals surface area contributed by atoms with E-state index in [1.165, 1.54) is 18.2 Å². The van der Waals surface area contributed by atoms with Crippen LogP contribution in [0.3, 0.4) is 0 Å². The molecule has 108 valence electrons. The van der Waals surface area contributed by atoms with E-state index in [0.717, 1.165) is 0 Å². The minimum absolute atomic E-state index is 0.0825. The fourth-order valence-electron chi connectivity index (χ4n) is 1.42. The lowest BCUT2D eigenvalue weighted by atomic mass is 10.1. The first-order valence-corrected chi connectivity index (χ1v) is 5.52. The number of anilines is 1. The van der Waals surface area contributed by atoms with Gasteiger partial charge in [-0.1, -0.05) is 0 Å². The van der Waals surface area contributed by atoms with Gasteiger partial charge in [0.05, 0.1) is 4.92 Å². The molecule has 0 aliphatic carbocycles. The van der Waals surface area contributed by atoms with Gasteiger partial charge in [-0.25, -0.2) is 4.79 Å². The minimum Gasteiger partial charge on any atom is -0.352 e. The fraction of sp³-hybridized carbons (Fsp3) is 0.200. The Balaban J connectivity index is 2.79. The van der Waals surface area contributed by atoms with E-state index in [-0.39, 0.29) is 24.3 Å². The first-order valence-electron chi connectivity index (χ1n) is 5.52. The van der Waals surface area contributed by atoms with Crippen LogP contribution in [0.1, 0.15) is 10.4 Å². The van der Waals surface area contributed by atoms with E-state index in [2.05, 4.69) is 16.1 Å². The topological polar surface area (TPSA) is 165 Å². The molecular weight excluding hydrogens is 268 g/mol. The van der Waals surface area contributed by atoms with Crippen LogP contribution >= 0.6 is 0 Å². The second kappa shape index (κ2) is 6.89. The fourth-order valence-corrected chi connectivity index (χ4v) is 1.42. The zero-order valence-electron chi connectivity index (χ0n) is 10.4. The van der Waals surface area contributed by atoms with Crippen molar-refractivity contribution in [2.24, 2.45) is 11.6 Å². The van der Waals surface area contributed by atoms with Crippen LogP contribution in [0.5, 0.6) is 0 Å². The lowest BCUT2D eigenvalue weighted by Gasteiger charge is -2.07. The number of carbonyl (C=O) groups excluding carboxylic acids is 2. The SMILES string of the molecule is NNc1ccc([N+](=O)[O-])c(C(=O)NCCNC(N)=O)c1. The summed E-state index contributed by atoms with van der Waals surface area (Å²) in [5.41, 5.74) is 7.02. The third kappa shape index (κ3) is 4.10.